The van der Waals surface area contributed by atoms with E-state index in [1.54, 1.807) is 44.6 Å². The minimum atomic E-state index is -0.233. The second-order valence-corrected chi connectivity index (χ2v) is 5.20. The van der Waals surface area contributed by atoms with E-state index in [2.05, 4.69) is 15.5 Å². The molecular formula is C18H17N3O4. The number of hydrogen-bond acceptors (Lipinski definition) is 6. The predicted molar refractivity (Wildman–Crippen MR) is 91.6 cm³/mol. The van der Waals surface area contributed by atoms with Crippen molar-refractivity contribution in [2.24, 2.45) is 0 Å². The van der Waals surface area contributed by atoms with Crippen molar-refractivity contribution in [1.82, 2.24) is 10.1 Å². The van der Waals surface area contributed by atoms with Crippen molar-refractivity contribution in [3.8, 4) is 23.0 Å². The summed E-state index contributed by atoms with van der Waals surface area (Å²) in [5.74, 6) is 1.83. The van der Waals surface area contributed by atoms with E-state index in [0.717, 1.165) is 11.3 Å². The van der Waals surface area contributed by atoms with E-state index in [0.29, 0.717) is 23.2 Å². The van der Waals surface area contributed by atoms with Gasteiger partial charge >= 0.3 is 0 Å². The zero-order valence-corrected chi connectivity index (χ0v) is 13.9. The van der Waals surface area contributed by atoms with Crippen LogP contribution in [0.5, 0.6) is 11.5 Å². The summed E-state index contributed by atoms with van der Waals surface area (Å²) in [6, 6.07) is 14.3. The average molecular weight is 339 g/mol. The first-order valence-electron chi connectivity index (χ1n) is 7.59. The monoisotopic (exact) mass is 339 g/mol. The molecule has 0 bridgehead atoms. The van der Waals surface area contributed by atoms with Gasteiger partial charge in [0.05, 0.1) is 20.6 Å². The van der Waals surface area contributed by atoms with Gasteiger partial charge in [0.1, 0.15) is 11.5 Å². The van der Waals surface area contributed by atoms with Crippen LogP contribution in [0.25, 0.3) is 11.5 Å². The molecule has 1 amide bonds. The van der Waals surface area contributed by atoms with Crippen molar-refractivity contribution in [3.05, 3.63) is 54.4 Å². The highest BCUT2D eigenvalue weighted by Crippen LogP contribution is 2.22. The Morgan fingerprint density at radius 2 is 1.84 bits per heavy atom. The third-order valence-electron chi connectivity index (χ3n) is 3.48. The van der Waals surface area contributed by atoms with Crippen LogP contribution in [0.2, 0.25) is 0 Å². The van der Waals surface area contributed by atoms with Gasteiger partial charge in [-0.3, -0.25) is 4.79 Å². The van der Waals surface area contributed by atoms with Crippen LogP contribution in [-0.2, 0) is 11.2 Å². The average Bonchev–Trinajstić information content (AvgIpc) is 3.10. The smallest absolute Gasteiger partial charge is 0.258 e. The van der Waals surface area contributed by atoms with Gasteiger partial charge in [-0.15, -0.1) is 0 Å². The summed E-state index contributed by atoms with van der Waals surface area (Å²) in [7, 11) is 3.17. The van der Waals surface area contributed by atoms with E-state index < -0.39 is 0 Å². The van der Waals surface area contributed by atoms with Gasteiger partial charge in [0, 0.05) is 11.3 Å². The Kier molecular flexibility index (Phi) is 4.94. The fourth-order valence-corrected chi connectivity index (χ4v) is 2.22. The number of methoxy groups -OCH3 is 2. The molecule has 0 aliphatic rings. The van der Waals surface area contributed by atoms with Gasteiger partial charge in [0.25, 0.3) is 5.89 Å². The van der Waals surface area contributed by atoms with E-state index in [1.165, 1.54) is 0 Å². The molecule has 7 nitrogen and oxygen atoms in total. The number of anilines is 1. The molecule has 0 aliphatic heterocycles. The lowest BCUT2D eigenvalue weighted by Crippen LogP contribution is -2.15. The van der Waals surface area contributed by atoms with Gasteiger partial charge in [-0.1, -0.05) is 11.2 Å². The second-order valence-electron chi connectivity index (χ2n) is 5.20. The first-order chi connectivity index (χ1) is 12.2. The Morgan fingerprint density at radius 1 is 1.08 bits per heavy atom. The Hall–Kier alpha value is -3.35. The topological polar surface area (TPSA) is 86.5 Å². The molecule has 1 N–H and O–H groups in total. The van der Waals surface area contributed by atoms with Crippen LogP contribution >= 0.6 is 0 Å². The summed E-state index contributed by atoms with van der Waals surface area (Å²) in [5.41, 5.74) is 1.40. The third-order valence-corrected chi connectivity index (χ3v) is 3.48. The molecule has 7 heteroatoms. The molecule has 1 aromatic heterocycles. The molecule has 0 aliphatic carbocycles. The number of nitrogens with zero attached hydrogens (tertiary/aromatic N) is 2. The summed E-state index contributed by atoms with van der Waals surface area (Å²) in [4.78, 5) is 16.3. The van der Waals surface area contributed by atoms with Gasteiger partial charge < -0.3 is 19.3 Å². The van der Waals surface area contributed by atoms with Crippen LogP contribution in [0.4, 0.5) is 5.69 Å². The highest BCUT2D eigenvalue weighted by molar-refractivity contribution is 5.91. The Morgan fingerprint density at radius 3 is 2.56 bits per heavy atom. The molecule has 1 heterocycles. The Labute approximate surface area is 144 Å². The molecule has 128 valence electrons. The number of hydrogen-bond donors (Lipinski definition) is 1. The minimum absolute atomic E-state index is 0.0134. The molecule has 0 saturated heterocycles. The molecule has 0 atom stereocenters. The van der Waals surface area contributed by atoms with Gasteiger partial charge in [-0.2, -0.15) is 4.98 Å². The number of aromatic nitrogens is 2. The minimum Gasteiger partial charge on any atom is -0.497 e. The van der Waals surface area contributed by atoms with Crippen molar-refractivity contribution in [2.45, 2.75) is 6.42 Å². The van der Waals surface area contributed by atoms with E-state index in [1.807, 2.05) is 18.2 Å². The van der Waals surface area contributed by atoms with Gasteiger partial charge in [0.15, 0.2) is 5.82 Å². The van der Waals surface area contributed by atoms with E-state index in [4.69, 9.17) is 14.0 Å². The van der Waals surface area contributed by atoms with Gasteiger partial charge in [-0.25, -0.2) is 0 Å². The summed E-state index contributed by atoms with van der Waals surface area (Å²) in [6.07, 6.45) is 0.0134. The molecule has 3 rings (SSSR count). The van der Waals surface area contributed by atoms with E-state index in [9.17, 15) is 4.79 Å². The SMILES string of the molecule is COc1ccc(NC(=O)Cc2noc(-c3cccc(OC)c3)n2)cc1. The zero-order chi connectivity index (χ0) is 17.6. The third kappa shape index (κ3) is 4.14. The Bertz CT molecular complexity index is 859. The summed E-state index contributed by atoms with van der Waals surface area (Å²) in [6.45, 7) is 0. The highest BCUT2D eigenvalue weighted by Gasteiger charge is 2.13. The number of carbonyl (C=O) groups excluding carboxylic acids is 1. The maximum absolute atomic E-state index is 12.1. The van der Waals surface area contributed by atoms with Crippen LogP contribution in [0.1, 0.15) is 5.82 Å². The molecule has 0 saturated carbocycles. The standard InChI is InChI=1S/C18H17N3O4/c1-23-14-8-6-13(7-9-14)19-17(22)11-16-20-18(25-21-16)12-4-3-5-15(10-12)24-2/h3-10H,11H2,1-2H3,(H,19,22). The fraction of sp³-hybridized carbons (Fsp3) is 0.167. The molecule has 25 heavy (non-hydrogen) atoms. The highest BCUT2D eigenvalue weighted by atomic mass is 16.5. The van der Waals surface area contributed by atoms with E-state index in [-0.39, 0.29) is 12.3 Å². The number of amides is 1. The van der Waals surface area contributed by atoms with Crippen molar-refractivity contribution < 1.29 is 18.8 Å². The lowest BCUT2D eigenvalue weighted by molar-refractivity contribution is -0.115. The maximum Gasteiger partial charge on any atom is 0.258 e. The number of nitrogens with one attached hydrogen (secondary N) is 1. The van der Waals surface area contributed by atoms with Crippen LogP contribution in [0.3, 0.4) is 0 Å². The maximum atomic E-state index is 12.1. The largest absolute Gasteiger partial charge is 0.497 e. The Balaban J connectivity index is 1.64. The summed E-state index contributed by atoms with van der Waals surface area (Å²) in [5, 5.41) is 6.62. The first-order valence-corrected chi connectivity index (χ1v) is 7.59. The van der Waals surface area contributed by atoms with Crippen molar-refractivity contribution in [1.29, 1.82) is 0 Å². The molecule has 0 radical (unpaired) electrons. The number of benzene rings is 2. The molecule has 0 spiro atoms. The first kappa shape index (κ1) is 16.5. The van der Waals surface area contributed by atoms with Crippen LogP contribution in [0.15, 0.2) is 53.1 Å². The lowest BCUT2D eigenvalue weighted by Gasteiger charge is -2.04. The van der Waals surface area contributed by atoms with Crippen LogP contribution < -0.4 is 14.8 Å². The molecule has 0 unspecified atom stereocenters. The quantitative estimate of drug-likeness (QED) is 0.743. The molecular weight excluding hydrogens is 322 g/mol. The fourth-order valence-electron chi connectivity index (χ4n) is 2.22. The predicted octanol–water partition coefficient (Wildman–Crippen LogP) is 2.94. The van der Waals surface area contributed by atoms with Gasteiger partial charge in [0.2, 0.25) is 5.91 Å². The summed E-state index contributed by atoms with van der Waals surface area (Å²) >= 11 is 0. The van der Waals surface area contributed by atoms with Crippen molar-refractivity contribution >= 4 is 11.6 Å². The zero-order valence-electron chi connectivity index (χ0n) is 13.9. The van der Waals surface area contributed by atoms with Crippen LogP contribution in [0, 0.1) is 0 Å². The van der Waals surface area contributed by atoms with Crippen molar-refractivity contribution in [2.75, 3.05) is 19.5 Å². The normalized spacial score (nSPS) is 10.3. The van der Waals surface area contributed by atoms with Crippen LogP contribution in [-0.4, -0.2) is 30.3 Å². The number of carbonyl (C=O) groups is 1. The summed E-state index contributed by atoms with van der Waals surface area (Å²) < 4.78 is 15.5. The van der Waals surface area contributed by atoms with E-state index >= 15 is 0 Å². The number of rotatable bonds is 6. The number of ether oxygens (including phenoxy) is 2. The molecule has 0 fully saturated rings. The second kappa shape index (κ2) is 7.48. The molecule has 3 aromatic rings. The molecule has 2 aromatic carbocycles. The van der Waals surface area contributed by atoms with Crippen molar-refractivity contribution in [3.63, 3.8) is 0 Å². The lowest BCUT2D eigenvalue weighted by atomic mass is 10.2. The van der Waals surface area contributed by atoms with Gasteiger partial charge in [-0.05, 0) is 42.5 Å².